The quantitative estimate of drug-likeness (QED) is 0.215. The maximum Gasteiger partial charge on any atom is 0.264 e. The van der Waals surface area contributed by atoms with Gasteiger partial charge in [0.05, 0.1) is 16.5 Å². The van der Waals surface area contributed by atoms with Crippen LogP contribution in [0, 0.1) is 11.3 Å². The van der Waals surface area contributed by atoms with Crippen molar-refractivity contribution in [2.75, 3.05) is 0 Å². The smallest absolute Gasteiger partial charge is 0.264 e. The molecule has 0 bridgehead atoms. The van der Waals surface area contributed by atoms with Crippen molar-refractivity contribution in [1.29, 1.82) is 5.26 Å². The summed E-state index contributed by atoms with van der Waals surface area (Å²) in [5, 5.41) is 8.87. The van der Waals surface area contributed by atoms with Crippen molar-refractivity contribution < 1.29 is 13.2 Å². The van der Waals surface area contributed by atoms with E-state index in [9.17, 15) is 13.2 Å². The second-order valence-corrected chi connectivity index (χ2v) is 10.2. The monoisotopic (exact) mass is 518 g/mol. The van der Waals surface area contributed by atoms with E-state index in [1.807, 2.05) is 71.5 Å². The number of nitriles is 1. The molecule has 0 spiro atoms. The van der Waals surface area contributed by atoms with Gasteiger partial charge in [0.25, 0.3) is 15.9 Å². The van der Waals surface area contributed by atoms with Crippen LogP contribution in [0.1, 0.15) is 41.2 Å². The molecule has 1 N–H and O–H groups in total. The molecule has 38 heavy (non-hydrogen) atoms. The molecule has 0 radical (unpaired) electrons. The number of hydrogen-bond acceptors (Lipinski definition) is 4. The number of sulfonamides is 1. The van der Waals surface area contributed by atoms with Crippen molar-refractivity contribution in [2.45, 2.75) is 18.2 Å². The summed E-state index contributed by atoms with van der Waals surface area (Å²) in [6, 6.07) is 35.6. The van der Waals surface area contributed by atoms with Crippen LogP contribution in [0.4, 0.5) is 0 Å². The SMILES string of the molecule is CC/C(=C(\c1ccccc1)c1ccc(/C=C/C(=O)NS(=O)(=O)c2ccc(C#N)cc2)cc1)c1ccccc1. The minimum atomic E-state index is -4.04. The first-order valence-electron chi connectivity index (χ1n) is 12.1. The molecule has 5 nitrogen and oxygen atoms in total. The Hall–Kier alpha value is -4.73. The summed E-state index contributed by atoms with van der Waals surface area (Å²) in [5.74, 6) is -0.763. The molecule has 0 saturated carbocycles. The van der Waals surface area contributed by atoms with Crippen LogP contribution in [-0.2, 0) is 14.8 Å². The van der Waals surface area contributed by atoms with Gasteiger partial charge in [0.15, 0.2) is 0 Å². The topological polar surface area (TPSA) is 87.0 Å². The Kier molecular flexibility index (Phi) is 8.32. The highest BCUT2D eigenvalue weighted by Crippen LogP contribution is 2.34. The molecule has 0 aliphatic carbocycles. The lowest BCUT2D eigenvalue weighted by molar-refractivity contribution is -0.114. The van der Waals surface area contributed by atoms with E-state index in [0.29, 0.717) is 5.56 Å². The van der Waals surface area contributed by atoms with Crippen LogP contribution in [0.2, 0.25) is 0 Å². The fourth-order valence-corrected chi connectivity index (χ4v) is 5.10. The molecule has 6 heteroatoms. The first kappa shape index (κ1) is 26.3. The number of carbonyl (C=O) groups is 1. The molecule has 0 heterocycles. The average molecular weight is 519 g/mol. The van der Waals surface area contributed by atoms with Crippen molar-refractivity contribution in [3.05, 3.63) is 143 Å². The molecule has 0 fully saturated rings. The van der Waals surface area contributed by atoms with E-state index >= 15 is 0 Å². The van der Waals surface area contributed by atoms with Crippen LogP contribution in [-0.4, -0.2) is 14.3 Å². The van der Waals surface area contributed by atoms with E-state index in [0.717, 1.165) is 34.2 Å². The van der Waals surface area contributed by atoms with Crippen LogP contribution >= 0.6 is 0 Å². The Labute approximate surface area is 223 Å². The number of rotatable bonds is 8. The summed E-state index contributed by atoms with van der Waals surface area (Å²) in [4.78, 5) is 12.2. The molecule has 4 rings (SSSR count). The van der Waals surface area contributed by atoms with E-state index in [1.165, 1.54) is 35.9 Å². The van der Waals surface area contributed by atoms with E-state index < -0.39 is 15.9 Å². The van der Waals surface area contributed by atoms with Gasteiger partial charge in [0, 0.05) is 6.08 Å². The molecule has 0 aliphatic heterocycles. The van der Waals surface area contributed by atoms with Crippen molar-refractivity contribution in [3.8, 4) is 6.07 Å². The fourth-order valence-electron chi connectivity index (χ4n) is 4.15. The van der Waals surface area contributed by atoms with E-state index in [2.05, 4.69) is 31.2 Å². The van der Waals surface area contributed by atoms with Gasteiger partial charge in [-0.1, -0.05) is 91.9 Å². The average Bonchev–Trinajstić information content (AvgIpc) is 2.96. The molecule has 1 amide bonds. The minimum absolute atomic E-state index is 0.0898. The van der Waals surface area contributed by atoms with Gasteiger partial charge in [-0.15, -0.1) is 0 Å². The van der Waals surface area contributed by atoms with Gasteiger partial charge in [-0.2, -0.15) is 5.26 Å². The summed E-state index contributed by atoms with van der Waals surface area (Å²) >= 11 is 0. The van der Waals surface area contributed by atoms with Gasteiger partial charge >= 0.3 is 0 Å². The van der Waals surface area contributed by atoms with Crippen LogP contribution in [0.3, 0.4) is 0 Å². The van der Waals surface area contributed by atoms with Gasteiger partial charge < -0.3 is 0 Å². The second-order valence-electron chi connectivity index (χ2n) is 8.50. The van der Waals surface area contributed by atoms with Gasteiger partial charge in [-0.05, 0) is 70.2 Å². The Balaban J connectivity index is 1.57. The molecule has 0 aliphatic rings. The summed E-state index contributed by atoms with van der Waals surface area (Å²) in [5.41, 5.74) is 6.78. The summed E-state index contributed by atoms with van der Waals surface area (Å²) in [6.07, 6.45) is 3.60. The lowest BCUT2D eigenvalue weighted by Gasteiger charge is -2.16. The minimum Gasteiger partial charge on any atom is -0.269 e. The predicted octanol–water partition coefficient (Wildman–Crippen LogP) is 6.45. The van der Waals surface area contributed by atoms with Crippen LogP contribution in [0.15, 0.2) is 120 Å². The van der Waals surface area contributed by atoms with E-state index in [4.69, 9.17) is 5.26 Å². The summed E-state index contributed by atoms with van der Waals surface area (Å²) < 4.78 is 27.0. The van der Waals surface area contributed by atoms with E-state index in [1.54, 1.807) is 6.08 Å². The fraction of sp³-hybridized carbons (Fsp3) is 0.0625. The lowest BCUT2D eigenvalue weighted by Crippen LogP contribution is -2.28. The molecule has 4 aromatic carbocycles. The molecular formula is C32H26N2O3S. The first-order valence-corrected chi connectivity index (χ1v) is 13.6. The third-order valence-electron chi connectivity index (χ3n) is 6.00. The highest BCUT2D eigenvalue weighted by molar-refractivity contribution is 7.90. The predicted molar refractivity (Wildman–Crippen MR) is 151 cm³/mol. The van der Waals surface area contributed by atoms with Crippen LogP contribution in [0.5, 0.6) is 0 Å². The molecular weight excluding hydrogens is 492 g/mol. The largest absolute Gasteiger partial charge is 0.269 e. The number of allylic oxidation sites excluding steroid dienone is 1. The van der Waals surface area contributed by atoms with Gasteiger partial charge in [-0.3, -0.25) is 4.79 Å². The third-order valence-corrected chi connectivity index (χ3v) is 7.36. The van der Waals surface area contributed by atoms with Gasteiger partial charge in [0.2, 0.25) is 0 Å². The second kappa shape index (κ2) is 12.0. The van der Waals surface area contributed by atoms with Crippen LogP contribution in [0.25, 0.3) is 17.2 Å². The summed E-state index contributed by atoms with van der Waals surface area (Å²) in [6.45, 7) is 2.15. The first-order chi connectivity index (χ1) is 18.4. The van der Waals surface area contributed by atoms with Crippen molar-refractivity contribution in [1.82, 2.24) is 4.72 Å². The zero-order chi connectivity index (χ0) is 27.0. The molecule has 0 atom stereocenters. The highest BCUT2D eigenvalue weighted by atomic mass is 32.2. The number of amides is 1. The van der Waals surface area contributed by atoms with Crippen molar-refractivity contribution in [2.24, 2.45) is 0 Å². The van der Waals surface area contributed by atoms with Crippen LogP contribution < -0.4 is 4.72 Å². The van der Waals surface area contributed by atoms with Gasteiger partial charge in [-0.25, -0.2) is 13.1 Å². The van der Waals surface area contributed by atoms with Crippen molar-refractivity contribution >= 4 is 33.2 Å². The Morgan fingerprint density at radius 1 is 0.789 bits per heavy atom. The highest BCUT2D eigenvalue weighted by Gasteiger charge is 2.16. The Morgan fingerprint density at radius 2 is 1.34 bits per heavy atom. The number of hydrogen-bond donors (Lipinski definition) is 1. The van der Waals surface area contributed by atoms with E-state index in [-0.39, 0.29) is 4.90 Å². The molecule has 0 aromatic heterocycles. The molecule has 188 valence electrons. The maximum atomic E-state index is 12.5. The maximum absolute atomic E-state index is 12.5. The number of carbonyl (C=O) groups excluding carboxylic acids is 1. The Bertz CT molecular complexity index is 1620. The standard InChI is InChI=1S/C32H26N2O3S/c1-2-30(26-9-5-3-6-10-26)32(27-11-7-4-8-12-27)28-18-13-24(14-19-28)17-22-31(35)34-38(36,37)29-20-15-25(23-33)16-21-29/h3-22H,2H2,1H3,(H,34,35)/b22-17+,32-30-. The third kappa shape index (κ3) is 6.33. The molecule has 4 aromatic rings. The zero-order valence-corrected chi connectivity index (χ0v) is 21.7. The molecule has 0 saturated heterocycles. The van der Waals surface area contributed by atoms with Crippen molar-refractivity contribution in [3.63, 3.8) is 0 Å². The number of nitrogens with zero attached hydrogens (tertiary/aromatic N) is 1. The summed E-state index contributed by atoms with van der Waals surface area (Å²) in [7, 11) is -4.04. The number of benzene rings is 4. The zero-order valence-electron chi connectivity index (χ0n) is 20.8. The lowest BCUT2D eigenvalue weighted by atomic mass is 9.88. The number of nitrogens with one attached hydrogen (secondary N) is 1. The van der Waals surface area contributed by atoms with Gasteiger partial charge in [0.1, 0.15) is 0 Å². The molecule has 0 unspecified atom stereocenters. The normalized spacial score (nSPS) is 12.0. The Morgan fingerprint density at radius 3 is 1.89 bits per heavy atom.